The number of carbonyl (C=O) groups excluding carboxylic acids is 1. The Balaban J connectivity index is 1.75. The number of aromatic nitrogens is 2. The van der Waals surface area contributed by atoms with Crippen LogP contribution in [0.15, 0.2) is 65.2 Å². The molecule has 7 heteroatoms. The average Bonchev–Trinajstić information content (AvgIpc) is 3.42. The maximum absolute atomic E-state index is 13.3. The summed E-state index contributed by atoms with van der Waals surface area (Å²) in [7, 11) is 3.13. The van der Waals surface area contributed by atoms with Gasteiger partial charge in [0.1, 0.15) is 11.5 Å². The first-order valence-corrected chi connectivity index (χ1v) is 9.76. The molecule has 0 fully saturated rings. The zero-order valence-corrected chi connectivity index (χ0v) is 17.8. The van der Waals surface area contributed by atoms with Crippen molar-refractivity contribution in [1.29, 1.82) is 0 Å². The lowest BCUT2D eigenvalue weighted by Crippen LogP contribution is -2.13. The van der Waals surface area contributed by atoms with Crippen LogP contribution in [0.5, 0.6) is 11.5 Å². The van der Waals surface area contributed by atoms with Crippen LogP contribution in [0.1, 0.15) is 21.7 Å². The third-order valence-corrected chi connectivity index (χ3v) is 4.93. The first-order valence-electron chi connectivity index (χ1n) is 9.76. The van der Waals surface area contributed by atoms with Gasteiger partial charge in [0.15, 0.2) is 17.3 Å². The lowest BCUT2D eigenvalue weighted by Gasteiger charge is -2.13. The average molecular weight is 417 g/mol. The summed E-state index contributed by atoms with van der Waals surface area (Å²) in [4.78, 5) is 13.3. The Morgan fingerprint density at radius 1 is 1.00 bits per heavy atom. The number of rotatable bonds is 6. The Bertz CT molecular complexity index is 1230. The van der Waals surface area contributed by atoms with Crippen LogP contribution in [0.2, 0.25) is 0 Å². The molecular formula is C24H23N3O4. The molecule has 7 nitrogen and oxygen atoms in total. The molecule has 4 rings (SSSR count). The molecule has 0 aliphatic rings. The van der Waals surface area contributed by atoms with Crippen molar-refractivity contribution in [2.24, 2.45) is 0 Å². The maximum atomic E-state index is 13.3. The van der Waals surface area contributed by atoms with Gasteiger partial charge in [-0.3, -0.25) is 4.79 Å². The summed E-state index contributed by atoms with van der Waals surface area (Å²) in [5.74, 6) is 2.10. The number of hydrogen-bond acceptors (Lipinski definition) is 5. The second-order valence-electron chi connectivity index (χ2n) is 7.06. The molecule has 0 aliphatic heterocycles. The predicted octanol–water partition coefficient (Wildman–Crippen LogP) is 5.02. The highest BCUT2D eigenvalue weighted by molar-refractivity contribution is 6.08. The van der Waals surface area contributed by atoms with E-state index in [2.05, 4.69) is 10.4 Å². The highest BCUT2D eigenvalue weighted by Crippen LogP contribution is 2.34. The predicted molar refractivity (Wildman–Crippen MR) is 118 cm³/mol. The van der Waals surface area contributed by atoms with Crippen molar-refractivity contribution in [3.63, 3.8) is 0 Å². The van der Waals surface area contributed by atoms with E-state index in [4.69, 9.17) is 13.9 Å². The van der Waals surface area contributed by atoms with E-state index in [0.717, 1.165) is 17.0 Å². The summed E-state index contributed by atoms with van der Waals surface area (Å²) in [5.41, 5.74) is 3.17. The number of amides is 1. The minimum absolute atomic E-state index is 0.304. The van der Waals surface area contributed by atoms with Crippen LogP contribution in [0, 0.1) is 13.8 Å². The molecule has 0 radical (unpaired) electrons. The molecule has 4 aromatic rings. The summed E-state index contributed by atoms with van der Waals surface area (Å²) < 4.78 is 18.1. The van der Waals surface area contributed by atoms with Gasteiger partial charge in [-0.05, 0) is 49.7 Å². The molecule has 158 valence electrons. The van der Waals surface area contributed by atoms with E-state index in [1.807, 2.05) is 62.4 Å². The maximum Gasteiger partial charge on any atom is 0.259 e. The highest BCUT2D eigenvalue weighted by Gasteiger charge is 2.22. The Morgan fingerprint density at radius 3 is 2.35 bits per heavy atom. The fraction of sp³-hybridized carbons (Fsp3) is 0.167. The quantitative estimate of drug-likeness (QED) is 0.477. The van der Waals surface area contributed by atoms with Gasteiger partial charge < -0.3 is 19.2 Å². The van der Waals surface area contributed by atoms with Crippen LogP contribution >= 0.6 is 0 Å². The van der Waals surface area contributed by atoms with Crippen LogP contribution in [0.25, 0.3) is 17.1 Å². The van der Waals surface area contributed by atoms with Crippen LogP contribution < -0.4 is 14.8 Å². The largest absolute Gasteiger partial charge is 0.493 e. The molecule has 0 atom stereocenters. The Hall–Kier alpha value is -4.00. The number of carbonyl (C=O) groups is 1. The smallest absolute Gasteiger partial charge is 0.259 e. The SMILES string of the molecule is COc1cc(C)c(NC(=O)c2cn(-c3ccccc3)nc2-c2ccc(C)o2)cc1OC. The molecule has 31 heavy (non-hydrogen) atoms. The van der Waals surface area contributed by atoms with Crippen LogP contribution in [0.4, 0.5) is 5.69 Å². The molecule has 1 N–H and O–H groups in total. The summed E-state index contributed by atoms with van der Waals surface area (Å²) >= 11 is 0. The summed E-state index contributed by atoms with van der Waals surface area (Å²) in [6.45, 7) is 3.74. The minimum atomic E-state index is -0.304. The number of aryl methyl sites for hydroxylation is 2. The van der Waals surface area contributed by atoms with E-state index in [0.29, 0.717) is 34.2 Å². The van der Waals surface area contributed by atoms with E-state index in [-0.39, 0.29) is 5.91 Å². The number of hydrogen-bond donors (Lipinski definition) is 1. The molecule has 1 amide bonds. The molecule has 0 saturated heterocycles. The number of anilines is 1. The van der Waals surface area contributed by atoms with Gasteiger partial charge in [-0.25, -0.2) is 4.68 Å². The monoisotopic (exact) mass is 417 g/mol. The second-order valence-corrected chi connectivity index (χ2v) is 7.06. The number of ether oxygens (including phenoxy) is 2. The van der Waals surface area contributed by atoms with Gasteiger partial charge in [-0.15, -0.1) is 0 Å². The van der Waals surface area contributed by atoms with Gasteiger partial charge in [-0.1, -0.05) is 18.2 Å². The second kappa shape index (κ2) is 8.39. The third-order valence-electron chi connectivity index (χ3n) is 4.93. The minimum Gasteiger partial charge on any atom is -0.493 e. The number of benzene rings is 2. The lowest BCUT2D eigenvalue weighted by atomic mass is 10.1. The van der Waals surface area contributed by atoms with Crippen molar-refractivity contribution < 1.29 is 18.7 Å². The van der Waals surface area contributed by atoms with Crippen molar-refractivity contribution >= 4 is 11.6 Å². The number of nitrogens with one attached hydrogen (secondary N) is 1. The van der Waals surface area contributed by atoms with Gasteiger partial charge >= 0.3 is 0 Å². The molecule has 2 aromatic carbocycles. The summed E-state index contributed by atoms with van der Waals surface area (Å²) in [6.07, 6.45) is 1.70. The first-order chi connectivity index (χ1) is 15.0. The highest BCUT2D eigenvalue weighted by atomic mass is 16.5. The normalized spacial score (nSPS) is 10.7. The van der Waals surface area contributed by atoms with Crippen molar-refractivity contribution in [3.8, 4) is 28.6 Å². The van der Waals surface area contributed by atoms with Crippen LogP contribution in [-0.4, -0.2) is 29.9 Å². The van der Waals surface area contributed by atoms with Crippen molar-refractivity contribution in [1.82, 2.24) is 9.78 Å². The van der Waals surface area contributed by atoms with E-state index < -0.39 is 0 Å². The molecular weight excluding hydrogens is 394 g/mol. The van der Waals surface area contributed by atoms with Gasteiger partial charge in [0.25, 0.3) is 5.91 Å². The third kappa shape index (κ3) is 4.02. The van der Waals surface area contributed by atoms with Crippen LogP contribution in [-0.2, 0) is 0 Å². The number of furan rings is 1. The zero-order valence-electron chi connectivity index (χ0n) is 17.8. The fourth-order valence-corrected chi connectivity index (χ4v) is 3.30. The molecule has 2 heterocycles. The van der Waals surface area contributed by atoms with Gasteiger partial charge in [-0.2, -0.15) is 5.10 Å². The van der Waals surface area contributed by atoms with E-state index in [1.54, 1.807) is 31.2 Å². The fourth-order valence-electron chi connectivity index (χ4n) is 3.30. The zero-order chi connectivity index (χ0) is 22.0. The Labute approximate surface area is 180 Å². The van der Waals surface area contributed by atoms with Crippen molar-refractivity contribution in [2.45, 2.75) is 13.8 Å². The first kappa shape index (κ1) is 20.3. The molecule has 0 spiro atoms. The standard InChI is InChI=1S/C24H23N3O4/c1-15-12-21(29-3)22(30-4)13-19(15)25-24(28)18-14-27(17-8-6-5-7-9-17)26-23(18)20-11-10-16(2)31-20/h5-14H,1-4H3,(H,25,28). The van der Waals surface area contributed by atoms with Gasteiger partial charge in [0, 0.05) is 18.0 Å². The number of nitrogens with zero attached hydrogens (tertiary/aromatic N) is 2. The topological polar surface area (TPSA) is 78.5 Å². The molecule has 2 aromatic heterocycles. The Kier molecular flexibility index (Phi) is 5.49. The molecule has 0 bridgehead atoms. The summed E-state index contributed by atoms with van der Waals surface area (Å²) in [6, 6.07) is 16.8. The number of methoxy groups -OCH3 is 2. The molecule has 0 saturated carbocycles. The van der Waals surface area contributed by atoms with Crippen molar-refractivity contribution in [2.75, 3.05) is 19.5 Å². The van der Waals surface area contributed by atoms with Crippen molar-refractivity contribution in [3.05, 3.63) is 77.7 Å². The summed E-state index contributed by atoms with van der Waals surface area (Å²) in [5, 5.41) is 7.59. The van der Waals surface area contributed by atoms with E-state index >= 15 is 0 Å². The van der Waals surface area contributed by atoms with Crippen LogP contribution in [0.3, 0.4) is 0 Å². The van der Waals surface area contributed by atoms with E-state index in [1.165, 1.54) is 0 Å². The van der Waals surface area contributed by atoms with Gasteiger partial charge in [0.05, 0.1) is 25.5 Å². The number of para-hydroxylation sites is 1. The van der Waals surface area contributed by atoms with E-state index in [9.17, 15) is 4.79 Å². The molecule has 0 unspecified atom stereocenters. The lowest BCUT2D eigenvalue weighted by molar-refractivity contribution is 0.102. The molecule has 0 aliphatic carbocycles. The van der Waals surface area contributed by atoms with Gasteiger partial charge in [0.2, 0.25) is 0 Å². The Morgan fingerprint density at radius 2 is 1.71 bits per heavy atom.